The van der Waals surface area contributed by atoms with Gasteiger partial charge < -0.3 is 18.9 Å². The maximum atomic E-state index is 12.0. The van der Waals surface area contributed by atoms with Crippen molar-refractivity contribution < 1.29 is 37.0 Å². The first kappa shape index (κ1) is 33.0. The Morgan fingerprint density at radius 1 is 0.872 bits per heavy atom. The second-order valence-electron chi connectivity index (χ2n) is 9.36. The molecule has 12 heteroatoms. The fraction of sp³-hybridized carbons (Fsp3) is 0.481. The first-order valence-corrected chi connectivity index (χ1v) is 15.3. The van der Waals surface area contributed by atoms with Gasteiger partial charge in [0.2, 0.25) is 0 Å². The number of ether oxygens (including phenoxy) is 4. The van der Waals surface area contributed by atoms with Crippen molar-refractivity contribution in [1.82, 2.24) is 0 Å². The van der Waals surface area contributed by atoms with Gasteiger partial charge in [0, 0.05) is 25.0 Å². The van der Waals surface area contributed by atoms with Crippen LogP contribution in [0, 0.1) is 0 Å². The van der Waals surface area contributed by atoms with Crippen molar-refractivity contribution in [3.8, 4) is 11.5 Å². The summed E-state index contributed by atoms with van der Waals surface area (Å²) in [5.74, 6) is -0.648. The van der Waals surface area contributed by atoms with E-state index in [4.69, 9.17) is 53.8 Å². The Labute approximate surface area is 244 Å². The van der Waals surface area contributed by atoms with Crippen LogP contribution in [0.2, 0.25) is 10.0 Å². The molecule has 8 nitrogen and oxygen atoms in total. The van der Waals surface area contributed by atoms with E-state index in [9.17, 15) is 18.0 Å². The van der Waals surface area contributed by atoms with Crippen molar-refractivity contribution in [2.75, 3.05) is 30.6 Å². The Bertz CT molecular complexity index is 1220. The summed E-state index contributed by atoms with van der Waals surface area (Å²) in [4.78, 5) is 22.6. The molecule has 2 atom stereocenters. The number of alkyl halides is 1. The topological polar surface area (TPSA) is 105 Å². The number of esters is 2. The van der Waals surface area contributed by atoms with Gasteiger partial charge in [0.25, 0.3) is 0 Å². The van der Waals surface area contributed by atoms with Crippen LogP contribution in [0.4, 0.5) is 0 Å². The zero-order chi connectivity index (χ0) is 29.4. The molecule has 0 saturated carbocycles. The van der Waals surface area contributed by atoms with Gasteiger partial charge >= 0.3 is 11.9 Å². The number of hydrogen-bond donors (Lipinski definition) is 0. The Hall–Kier alpha value is -2.20. The second-order valence-corrected chi connectivity index (χ2v) is 12.9. The summed E-state index contributed by atoms with van der Waals surface area (Å²) in [5, 5.41) is 0.450. The average Bonchev–Trinajstić information content (AvgIpc) is 2.85. The number of rotatable bonds is 14. The van der Waals surface area contributed by atoms with Gasteiger partial charge in [-0.25, -0.2) is 8.42 Å². The lowest BCUT2D eigenvalue weighted by molar-refractivity contribution is -0.147. The Morgan fingerprint density at radius 3 is 1.87 bits per heavy atom. The molecule has 0 spiro atoms. The van der Waals surface area contributed by atoms with Crippen LogP contribution in [-0.4, -0.2) is 63.2 Å². The number of halogens is 3. The van der Waals surface area contributed by atoms with E-state index in [1.807, 2.05) is 26.0 Å². The van der Waals surface area contributed by atoms with Gasteiger partial charge in [0.1, 0.15) is 31.2 Å². The van der Waals surface area contributed by atoms with E-state index >= 15 is 0 Å². The summed E-state index contributed by atoms with van der Waals surface area (Å²) in [5.41, 5.74) is 1.24. The van der Waals surface area contributed by atoms with Gasteiger partial charge in [0.15, 0.2) is 15.6 Å². The molecule has 0 radical (unpaired) electrons. The largest absolute Gasteiger partial charge is 0.490 e. The van der Waals surface area contributed by atoms with E-state index in [-0.39, 0.29) is 46.4 Å². The van der Waals surface area contributed by atoms with Crippen LogP contribution in [-0.2, 0) is 34.3 Å². The van der Waals surface area contributed by atoms with Crippen molar-refractivity contribution in [1.29, 1.82) is 0 Å². The highest BCUT2D eigenvalue weighted by Crippen LogP contribution is 2.40. The van der Waals surface area contributed by atoms with Crippen molar-refractivity contribution in [2.45, 2.75) is 52.2 Å². The molecule has 0 heterocycles. The molecule has 2 aromatic carbocycles. The number of sulfone groups is 1. The molecule has 0 unspecified atom stereocenters. The van der Waals surface area contributed by atoms with Crippen LogP contribution in [0.3, 0.4) is 0 Å². The minimum atomic E-state index is -3.42. The van der Waals surface area contributed by atoms with Crippen LogP contribution in [0.25, 0.3) is 0 Å². The number of carbonyl (C=O) groups excluding carboxylic acids is 2. The third-order valence-electron chi connectivity index (χ3n) is 5.86. The summed E-state index contributed by atoms with van der Waals surface area (Å²) >= 11 is 18.9. The SMILES string of the molecule is CCS(=O)(=O)C[C@@H](COc1c(Cl)cc(C(C)(C)c2ccc(OC[C@H](CCl)OC(C)=O)cc2)cc1Cl)OC(C)=O. The minimum Gasteiger partial charge on any atom is -0.490 e. The molecule has 216 valence electrons. The van der Waals surface area contributed by atoms with Crippen LogP contribution in [0.1, 0.15) is 45.7 Å². The molecule has 0 N–H and O–H groups in total. The third-order valence-corrected chi connectivity index (χ3v) is 8.53. The molecular weight excluding hydrogens is 591 g/mol. The van der Waals surface area contributed by atoms with Crippen molar-refractivity contribution in [3.63, 3.8) is 0 Å². The highest BCUT2D eigenvalue weighted by Gasteiger charge is 2.27. The zero-order valence-electron chi connectivity index (χ0n) is 22.5. The Kier molecular flexibility index (Phi) is 12.2. The number of carbonyl (C=O) groups is 2. The molecule has 0 aromatic heterocycles. The summed E-state index contributed by atoms with van der Waals surface area (Å²) in [6.45, 7) is 7.92. The molecule has 0 bridgehead atoms. The van der Waals surface area contributed by atoms with E-state index in [2.05, 4.69) is 0 Å². The molecular formula is C27H33Cl3O8S. The third kappa shape index (κ3) is 10.0. The molecule has 0 aliphatic rings. The van der Waals surface area contributed by atoms with Gasteiger partial charge in [-0.2, -0.15) is 0 Å². The van der Waals surface area contributed by atoms with E-state index in [1.165, 1.54) is 20.8 Å². The number of hydrogen-bond acceptors (Lipinski definition) is 8. The lowest BCUT2D eigenvalue weighted by Gasteiger charge is -2.27. The first-order valence-electron chi connectivity index (χ1n) is 12.1. The smallest absolute Gasteiger partial charge is 0.303 e. The molecule has 0 saturated heterocycles. The van der Waals surface area contributed by atoms with Crippen molar-refractivity contribution in [2.24, 2.45) is 0 Å². The number of benzene rings is 2. The van der Waals surface area contributed by atoms with Crippen LogP contribution >= 0.6 is 34.8 Å². The summed E-state index contributed by atoms with van der Waals surface area (Å²) in [6, 6.07) is 10.9. The van der Waals surface area contributed by atoms with Crippen LogP contribution < -0.4 is 9.47 Å². The molecule has 0 aliphatic carbocycles. The maximum Gasteiger partial charge on any atom is 0.303 e. The van der Waals surface area contributed by atoms with E-state index in [0.717, 1.165) is 11.1 Å². The molecule has 39 heavy (non-hydrogen) atoms. The Morgan fingerprint density at radius 2 is 1.38 bits per heavy atom. The highest BCUT2D eigenvalue weighted by atomic mass is 35.5. The summed E-state index contributed by atoms with van der Waals surface area (Å²) in [7, 11) is -3.42. The summed E-state index contributed by atoms with van der Waals surface area (Å²) in [6.07, 6.45) is -1.56. The van der Waals surface area contributed by atoms with Gasteiger partial charge in [-0.15, -0.1) is 11.6 Å². The van der Waals surface area contributed by atoms with Gasteiger partial charge in [0.05, 0.1) is 21.7 Å². The van der Waals surface area contributed by atoms with Gasteiger partial charge in [-0.3, -0.25) is 9.59 Å². The molecule has 0 fully saturated rings. The summed E-state index contributed by atoms with van der Waals surface area (Å²) < 4.78 is 45.7. The predicted molar refractivity (Wildman–Crippen MR) is 152 cm³/mol. The second kappa shape index (κ2) is 14.4. The van der Waals surface area contributed by atoms with E-state index < -0.39 is 39.4 Å². The minimum absolute atomic E-state index is 0.0919. The fourth-order valence-electron chi connectivity index (χ4n) is 3.66. The standard InChI is InChI=1S/C27H33Cl3O8S/c1-6-39(33,34)16-23(38-18(3)32)15-36-26-24(29)11-20(12-25(26)30)27(4,5)19-7-9-21(10-8-19)35-14-22(13-28)37-17(2)31/h7-12,22-23H,6,13-16H2,1-5H3/t22-,23+/m0/s1. The first-order chi connectivity index (χ1) is 18.2. The lowest BCUT2D eigenvalue weighted by atomic mass is 9.78. The van der Waals surface area contributed by atoms with Crippen LogP contribution in [0.5, 0.6) is 11.5 Å². The normalized spacial score (nSPS) is 13.3. The lowest BCUT2D eigenvalue weighted by Crippen LogP contribution is -2.32. The van der Waals surface area contributed by atoms with Crippen molar-refractivity contribution in [3.05, 3.63) is 57.6 Å². The molecule has 2 rings (SSSR count). The quantitative estimate of drug-likeness (QED) is 0.197. The molecule has 0 aliphatic heterocycles. The van der Waals surface area contributed by atoms with Crippen LogP contribution in [0.15, 0.2) is 36.4 Å². The van der Waals surface area contributed by atoms with E-state index in [1.54, 1.807) is 24.3 Å². The van der Waals surface area contributed by atoms with Gasteiger partial charge in [-0.05, 0) is 35.4 Å². The predicted octanol–water partition coefficient (Wildman–Crippen LogP) is 5.61. The fourth-order valence-corrected chi connectivity index (χ4v) is 5.37. The van der Waals surface area contributed by atoms with E-state index in [0.29, 0.717) is 5.75 Å². The molecule has 2 aromatic rings. The zero-order valence-corrected chi connectivity index (χ0v) is 25.5. The molecule has 0 amide bonds. The van der Waals surface area contributed by atoms with Crippen molar-refractivity contribution >= 4 is 56.6 Å². The highest BCUT2D eigenvalue weighted by molar-refractivity contribution is 7.91. The monoisotopic (exact) mass is 622 g/mol. The maximum absolute atomic E-state index is 12.0. The van der Waals surface area contributed by atoms with Gasteiger partial charge in [-0.1, -0.05) is 56.1 Å². The Balaban J connectivity index is 2.17. The average molecular weight is 624 g/mol.